The third kappa shape index (κ3) is 1.15. The number of likely N-dealkylation sites (N-methyl/N-ethyl adjacent to an activating group) is 1. The highest BCUT2D eigenvalue weighted by Crippen LogP contribution is 2.34. The normalized spacial score (nSPS) is 35.0. The summed E-state index contributed by atoms with van der Waals surface area (Å²) in [5, 5.41) is 0. The fourth-order valence-corrected chi connectivity index (χ4v) is 2.14. The lowest BCUT2D eigenvalue weighted by atomic mass is 10.0. The van der Waals surface area contributed by atoms with Gasteiger partial charge in [0.25, 0.3) is 0 Å². The molecule has 4 nitrogen and oxygen atoms in total. The Balaban J connectivity index is 2.11. The van der Waals surface area contributed by atoms with Crippen LogP contribution in [0.5, 0.6) is 0 Å². The van der Waals surface area contributed by atoms with Gasteiger partial charge in [-0.3, -0.25) is 0 Å². The van der Waals surface area contributed by atoms with Gasteiger partial charge in [0, 0.05) is 19.0 Å². The molecule has 1 atom stereocenters. The quantitative estimate of drug-likeness (QED) is 0.565. The minimum atomic E-state index is -0.372. The van der Waals surface area contributed by atoms with Gasteiger partial charge in [0.1, 0.15) is 0 Å². The Labute approximate surface area is 72.6 Å². The molecule has 0 aromatic rings. The molecule has 2 fully saturated rings. The second-order valence-corrected chi connectivity index (χ2v) is 3.64. The van der Waals surface area contributed by atoms with E-state index in [2.05, 4.69) is 11.9 Å². The zero-order chi connectivity index (χ0) is 8.60. The van der Waals surface area contributed by atoms with Crippen molar-refractivity contribution in [3.8, 4) is 0 Å². The first kappa shape index (κ1) is 8.44. The number of ether oxygens (including phenoxy) is 2. The molecule has 2 aliphatic rings. The lowest BCUT2D eigenvalue weighted by Crippen LogP contribution is -2.42. The van der Waals surface area contributed by atoms with E-state index in [4.69, 9.17) is 15.2 Å². The second kappa shape index (κ2) is 2.96. The van der Waals surface area contributed by atoms with Gasteiger partial charge >= 0.3 is 0 Å². The Bertz CT molecular complexity index is 168. The average molecular weight is 172 g/mol. The third-order valence-electron chi connectivity index (χ3n) is 2.70. The van der Waals surface area contributed by atoms with E-state index in [-0.39, 0.29) is 5.79 Å². The van der Waals surface area contributed by atoms with Crippen molar-refractivity contribution >= 4 is 0 Å². The molecule has 1 spiro atoms. The van der Waals surface area contributed by atoms with Crippen LogP contribution < -0.4 is 5.73 Å². The van der Waals surface area contributed by atoms with Gasteiger partial charge in [0.2, 0.25) is 0 Å². The number of likely N-dealkylation sites (tertiary alicyclic amines) is 1. The Hall–Kier alpha value is -0.160. The van der Waals surface area contributed by atoms with E-state index < -0.39 is 0 Å². The van der Waals surface area contributed by atoms with Crippen molar-refractivity contribution in [1.82, 2.24) is 4.90 Å². The lowest BCUT2D eigenvalue weighted by Gasteiger charge is -2.27. The van der Waals surface area contributed by atoms with Crippen molar-refractivity contribution in [2.75, 3.05) is 39.9 Å². The molecule has 2 N–H and O–H groups in total. The Morgan fingerprint density at radius 3 is 2.75 bits per heavy atom. The van der Waals surface area contributed by atoms with Gasteiger partial charge in [0.05, 0.1) is 19.8 Å². The molecule has 0 aliphatic carbocycles. The third-order valence-corrected chi connectivity index (χ3v) is 2.70. The summed E-state index contributed by atoms with van der Waals surface area (Å²) in [6.07, 6.45) is 0. The summed E-state index contributed by atoms with van der Waals surface area (Å²) in [4.78, 5) is 2.21. The van der Waals surface area contributed by atoms with Gasteiger partial charge in [-0.15, -0.1) is 0 Å². The molecule has 2 rings (SSSR count). The minimum Gasteiger partial charge on any atom is -0.346 e. The molecule has 0 aromatic carbocycles. The number of nitrogens with zero attached hydrogens (tertiary/aromatic N) is 1. The maximum absolute atomic E-state index is 5.66. The molecular formula is C8H16N2O2. The Morgan fingerprint density at radius 2 is 2.17 bits per heavy atom. The maximum atomic E-state index is 5.66. The standard InChI is InChI=1S/C8H16N2O2/c1-10-5-7(4-9)8(6-10)11-2-3-12-8/h7H,2-6,9H2,1H3. The van der Waals surface area contributed by atoms with Crippen LogP contribution in [0, 0.1) is 5.92 Å². The number of hydrogen-bond donors (Lipinski definition) is 1. The van der Waals surface area contributed by atoms with Crippen LogP contribution in [0.3, 0.4) is 0 Å². The molecule has 2 heterocycles. The van der Waals surface area contributed by atoms with Gasteiger partial charge < -0.3 is 20.1 Å². The van der Waals surface area contributed by atoms with Crippen LogP contribution in [0.1, 0.15) is 0 Å². The van der Waals surface area contributed by atoms with E-state index in [0.717, 1.165) is 13.1 Å². The largest absolute Gasteiger partial charge is 0.346 e. The molecule has 0 aromatic heterocycles. The fraction of sp³-hybridized carbons (Fsp3) is 1.00. The molecule has 70 valence electrons. The van der Waals surface area contributed by atoms with Crippen molar-refractivity contribution in [2.24, 2.45) is 11.7 Å². The van der Waals surface area contributed by atoms with Gasteiger partial charge in [-0.05, 0) is 7.05 Å². The average Bonchev–Trinajstić information content (AvgIpc) is 2.60. The van der Waals surface area contributed by atoms with E-state index in [9.17, 15) is 0 Å². The van der Waals surface area contributed by atoms with E-state index in [1.54, 1.807) is 0 Å². The first-order chi connectivity index (χ1) is 5.77. The molecule has 0 radical (unpaired) electrons. The second-order valence-electron chi connectivity index (χ2n) is 3.64. The first-order valence-electron chi connectivity index (χ1n) is 4.43. The lowest BCUT2D eigenvalue weighted by molar-refractivity contribution is -0.170. The molecule has 0 saturated carbocycles. The predicted octanol–water partition coefficient (Wildman–Crippen LogP) is -0.750. The van der Waals surface area contributed by atoms with Crippen LogP contribution in [0.4, 0.5) is 0 Å². The van der Waals surface area contributed by atoms with E-state index >= 15 is 0 Å². The topological polar surface area (TPSA) is 47.7 Å². The summed E-state index contributed by atoms with van der Waals surface area (Å²) >= 11 is 0. The van der Waals surface area contributed by atoms with E-state index in [1.807, 2.05) is 0 Å². The fourth-order valence-electron chi connectivity index (χ4n) is 2.14. The maximum Gasteiger partial charge on any atom is 0.186 e. The van der Waals surface area contributed by atoms with Crippen molar-refractivity contribution < 1.29 is 9.47 Å². The van der Waals surface area contributed by atoms with Crippen LogP contribution in [0.2, 0.25) is 0 Å². The molecular weight excluding hydrogens is 156 g/mol. The molecule has 4 heteroatoms. The minimum absolute atomic E-state index is 0.338. The number of hydrogen-bond acceptors (Lipinski definition) is 4. The van der Waals surface area contributed by atoms with Crippen LogP contribution in [0.15, 0.2) is 0 Å². The van der Waals surface area contributed by atoms with Gasteiger partial charge in [-0.1, -0.05) is 0 Å². The summed E-state index contributed by atoms with van der Waals surface area (Å²) in [7, 11) is 2.07. The predicted molar refractivity (Wildman–Crippen MR) is 44.7 cm³/mol. The molecule has 2 saturated heterocycles. The van der Waals surface area contributed by atoms with Gasteiger partial charge in [-0.25, -0.2) is 0 Å². The van der Waals surface area contributed by atoms with E-state index in [1.165, 1.54) is 0 Å². The summed E-state index contributed by atoms with van der Waals surface area (Å²) in [5.41, 5.74) is 5.66. The van der Waals surface area contributed by atoms with Crippen LogP contribution in [-0.4, -0.2) is 50.6 Å². The van der Waals surface area contributed by atoms with Crippen molar-refractivity contribution in [3.05, 3.63) is 0 Å². The highest BCUT2D eigenvalue weighted by molar-refractivity contribution is 4.93. The molecule has 2 aliphatic heterocycles. The van der Waals surface area contributed by atoms with Crippen molar-refractivity contribution in [3.63, 3.8) is 0 Å². The summed E-state index contributed by atoms with van der Waals surface area (Å²) in [6, 6.07) is 0. The summed E-state index contributed by atoms with van der Waals surface area (Å²) in [6.45, 7) is 3.91. The smallest absolute Gasteiger partial charge is 0.186 e. The molecule has 12 heavy (non-hydrogen) atoms. The summed E-state index contributed by atoms with van der Waals surface area (Å²) < 4.78 is 11.3. The van der Waals surface area contributed by atoms with Crippen molar-refractivity contribution in [1.29, 1.82) is 0 Å². The van der Waals surface area contributed by atoms with Crippen LogP contribution in [0.25, 0.3) is 0 Å². The number of rotatable bonds is 1. The Morgan fingerprint density at radius 1 is 1.50 bits per heavy atom. The van der Waals surface area contributed by atoms with E-state index in [0.29, 0.717) is 25.7 Å². The molecule has 0 amide bonds. The first-order valence-corrected chi connectivity index (χ1v) is 4.43. The highest BCUT2D eigenvalue weighted by atomic mass is 16.7. The highest BCUT2D eigenvalue weighted by Gasteiger charge is 2.49. The zero-order valence-corrected chi connectivity index (χ0v) is 7.45. The zero-order valence-electron chi connectivity index (χ0n) is 7.45. The van der Waals surface area contributed by atoms with Gasteiger partial charge in [-0.2, -0.15) is 0 Å². The Kier molecular flexibility index (Phi) is 2.08. The molecule has 1 unspecified atom stereocenters. The van der Waals surface area contributed by atoms with Crippen LogP contribution >= 0.6 is 0 Å². The van der Waals surface area contributed by atoms with Gasteiger partial charge in [0.15, 0.2) is 5.79 Å². The van der Waals surface area contributed by atoms with Crippen LogP contribution in [-0.2, 0) is 9.47 Å². The van der Waals surface area contributed by atoms with Crippen molar-refractivity contribution in [2.45, 2.75) is 5.79 Å². The summed E-state index contributed by atoms with van der Waals surface area (Å²) in [5.74, 6) is -0.0336. The molecule has 0 bridgehead atoms. The number of nitrogens with two attached hydrogens (primary N) is 1. The SMILES string of the molecule is CN1CC(CN)C2(C1)OCCO2. The monoisotopic (exact) mass is 172 g/mol.